The third-order valence-electron chi connectivity index (χ3n) is 3.18. The second-order valence-corrected chi connectivity index (χ2v) is 4.70. The molecule has 114 valence electrons. The number of carboxylic acid groups (broad SMARTS) is 1. The number of aliphatic hydroxyl groups is 1. The average molecular weight is 291 g/mol. The third-order valence-corrected chi connectivity index (χ3v) is 3.18. The predicted molar refractivity (Wildman–Crippen MR) is 81.1 cm³/mol. The molecule has 0 saturated carbocycles. The van der Waals surface area contributed by atoms with E-state index in [4.69, 9.17) is 10.2 Å². The highest BCUT2D eigenvalue weighted by molar-refractivity contribution is 5.95. The van der Waals surface area contributed by atoms with Crippen LogP contribution in [0.15, 0.2) is 24.3 Å². The van der Waals surface area contributed by atoms with Crippen LogP contribution in [0.25, 0.3) is 6.08 Å². The highest BCUT2D eigenvalue weighted by Gasteiger charge is 2.14. The monoisotopic (exact) mass is 291 g/mol. The fraction of sp³-hybridized carbons (Fsp3) is 0.375. The molecule has 1 aromatic carbocycles. The highest BCUT2D eigenvalue weighted by Crippen LogP contribution is 2.15. The molecule has 0 bridgehead atoms. The van der Waals surface area contributed by atoms with Gasteiger partial charge in [0.05, 0.1) is 0 Å². The van der Waals surface area contributed by atoms with Gasteiger partial charge in [-0.2, -0.15) is 0 Å². The molecule has 0 atom stereocenters. The first-order valence-electron chi connectivity index (χ1n) is 6.91. The van der Waals surface area contributed by atoms with Crippen molar-refractivity contribution in [2.45, 2.75) is 20.3 Å². The topological polar surface area (TPSA) is 77.8 Å². The normalized spacial score (nSPS) is 10.8. The molecule has 0 spiro atoms. The molecule has 0 unspecified atom stereocenters. The van der Waals surface area contributed by atoms with E-state index in [9.17, 15) is 9.59 Å². The van der Waals surface area contributed by atoms with Crippen LogP contribution in [0.1, 0.15) is 34.8 Å². The van der Waals surface area contributed by atoms with E-state index in [2.05, 4.69) is 0 Å². The minimum atomic E-state index is -1.00. The molecule has 0 aliphatic heterocycles. The van der Waals surface area contributed by atoms with E-state index in [1.807, 2.05) is 13.8 Å². The molecule has 5 heteroatoms. The highest BCUT2D eigenvalue weighted by atomic mass is 16.4. The summed E-state index contributed by atoms with van der Waals surface area (Å²) in [6.07, 6.45) is 3.14. The maximum atomic E-state index is 12.3. The Morgan fingerprint density at radius 2 is 2.05 bits per heavy atom. The van der Waals surface area contributed by atoms with Crippen molar-refractivity contribution < 1.29 is 19.8 Å². The standard InChI is InChI=1S/C16H21NO4/c1-3-17(9-4-10-18)16(21)14-6-5-13(12(2)11-14)7-8-15(19)20/h5-8,11,18H,3-4,9-10H2,1-2H3,(H,19,20)/b8-7+. The molecule has 1 rings (SSSR count). The molecule has 2 N–H and O–H groups in total. The summed E-state index contributed by atoms with van der Waals surface area (Å²) in [6.45, 7) is 4.89. The number of aryl methyl sites for hydroxylation is 1. The van der Waals surface area contributed by atoms with Crippen LogP contribution in [-0.4, -0.2) is 46.7 Å². The molecule has 0 heterocycles. The third kappa shape index (κ3) is 5.04. The second kappa shape index (κ2) is 8.21. The SMILES string of the molecule is CCN(CCCO)C(=O)c1ccc(/C=C/C(=O)O)c(C)c1. The Morgan fingerprint density at radius 1 is 1.33 bits per heavy atom. The van der Waals surface area contributed by atoms with Crippen molar-refractivity contribution >= 4 is 18.0 Å². The predicted octanol–water partition coefficient (Wildman–Crippen LogP) is 1.94. The van der Waals surface area contributed by atoms with Crippen LogP contribution >= 0.6 is 0 Å². The van der Waals surface area contributed by atoms with Gasteiger partial charge in [-0.3, -0.25) is 4.79 Å². The van der Waals surface area contributed by atoms with Gasteiger partial charge in [0.2, 0.25) is 0 Å². The van der Waals surface area contributed by atoms with E-state index in [0.717, 1.165) is 17.2 Å². The number of rotatable bonds is 7. The summed E-state index contributed by atoms with van der Waals surface area (Å²) in [6, 6.07) is 5.19. The summed E-state index contributed by atoms with van der Waals surface area (Å²) in [5.41, 5.74) is 2.18. The molecule has 0 radical (unpaired) electrons. The van der Waals surface area contributed by atoms with Crippen LogP contribution in [-0.2, 0) is 4.79 Å². The van der Waals surface area contributed by atoms with Crippen LogP contribution in [0, 0.1) is 6.92 Å². The Hall–Kier alpha value is -2.14. The van der Waals surface area contributed by atoms with E-state index >= 15 is 0 Å². The Balaban J connectivity index is 2.91. The molecule has 0 aliphatic rings. The van der Waals surface area contributed by atoms with Crippen LogP contribution in [0.3, 0.4) is 0 Å². The van der Waals surface area contributed by atoms with Gasteiger partial charge in [-0.05, 0) is 49.6 Å². The molecule has 1 aromatic rings. The van der Waals surface area contributed by atoms with Crippen LogP contribution in [0.2, 0.25) is 0 Å². The van der Waals surface area contributed by atoms with Gasteiger partial charge < -0.3 is 15.1 Å². The first-order valence-corrected chi connectivity index (χ1v) is 6.91. The summed E-state index contributed by atoms with van der Waals surface area (Å²) in [5.74, 6) is -1.08. The molecule has 0 aromatic heterocycles. The van der Waals surface area contributed by atoms with E-state index in [0.29, 0.717) is 25.1 Å². The Morgan fingerprint density at radius 3 is 2.57 bits per heavy atom. The number of aliphatic hydroxyl groups excluding tert-OH is 1. The van der Waals surface area contributed by atoms with E-state index in [1.54, 1.807) is 23.1 Å². The van der Waals surface area contributed by atoms with Crippen LogP contribution in [0.4, 0.5) is 0 Å². The number of nitrogens with zero attached hydrogens (tertiary/aromatic N) is 1. The summed E-state index contributed by atoms with van der Waals surface area (Å²) < 4.78 is 0. The van der Waals surface area contributed by atoms with E-state index in [1.165, 1.54) is 6.08 Å². The Labute approximate surface area is 124 Å². The van der Waals surface area contributed by atoms with Gasteiger partial charge in [-0.1, -0.05) is 6.07 Å². The Kier molecular flexibility index (Phi) is 6.62. The maximum Gasteiger partial charge on any atom is 0.328 e. The van der Waals surface area contributed by atoms with Gasteiger partial charge in [0.15, 0.2) is 0 Å². The number of aliphatic carboxylic acids is 1. The van der Waals surface area contributed by atoms with E-state index in [-0.39, 0.29) is 12.5 Å². The lowest BCUT2D eigenvalue weighted by Gasteiger charge is -2.20. The lowest BCUT2D eigenvalue weighted by Crippen LogP contribution is -2.32. The Bertz CT molecular complexity index is 537. The first kappa shape index (κ1) is 16.9. The summed E-state index contributed by atoms with van der Waals surface area (Å²) in [7, 11) is 0. The summed E-state index contributed by atoms with van der Waals surface area (Å²) >= 11 is 0. The molecule has 0 fully saturated rings. The van der Waals surface area contributed by atoms with Crippen molar-refractivity contribution in [3.63, 3.8) is 0 Å². The van der Waals surface area contributed by atoms with Gasteiger partial charge in [-0.15, -0.1) is 0 Å². The van der Waals surface area contributed by atoms with Gasteiger partial charge in [-0.25, -0.2) is 4.79 Å². The largest absolute Gasteiger partial charge is 0.478 e. The number of benzene rings is 1. The number of hydrogen-bond donors (Lipinski definition) is 2. The minimum Gasteiger partial charge on any atom is -0.478 e. The quantitative estimate of drug-likeness (QED) is 0.753. The molecular formula is C16H21NO4. The molecule has 5 nitrogen and oxygen atoms in total. The molecular weight excluding hydrogens is 270 g/mol. The van der Waals surface area contributed by atoms with Crippen molar-refractivity contribution in [2.75, 3.05) is 19.7 Å². The van der Waals surface area contributed by atoms with Gasteiger partial charge in [0, 0.05) is 31.3 Å². The van der Waals surface area contributed by atoms with Crippen molar-refractivity contribution in [3.05, 3.63) is 41.0 Å². The maximum absolute atomic E-state index is 12.3. The zero-order chi connectivity index (χ0) is 15.8. The summed E-state index contributed by atoms with van der Waals surface area (Å²) in [4.78, 5) is 24.5. The lowest BCUT2D eigenvalue weighted by molar-refractivity contribution is -0.131. The smallest absolute Gasteiger partial charge is 0.328 e. The number of carbonyl (C=O) groups is 2. The van der Waals surface area contributed by atoms with Gasteiger partial charge >= 0.3 is 5.97 Å². The van der Waals surface area contributed by atoms with Crippen molar-refractivity contribution in [1.29, 1.82) is 0 Å². The van der Waals surface area contributed by atoms with Crippen molar-refractivity contribution in [1.82, 2.24) is 4.90 Å². The zero-order valence-electron chi connectivity index (χ0n) is 12.4. The minimum absolute atomic E-state index is 0.0573. The van der Waals surface area contributed by atoms with Crippen LogP contribution in [0.5, 0.6) is 0 Å². The second-order valence-electron chi connectivity index (χ2n) is 4.70. The number of hydrogen-bond acceptors (Lipinski definition) is 3. The van der Waals surface area contributed by atoms with Gasteiger partial charge in [0.25, 0.3) is 5.91 Å². The lowest BCUT2D eigenvalue weighted by atomic mass is 10.0. The molecule has 0 saturated heterocycles. The van der Waals surface area contributed by atoms with Gasteiger partial charge in [0.1, 0.15) is 0 Å². The fourth-order valence-corrected chi connectivity index (χ4v) is 2.00. The average Bonchev–Trinajstić information content (AvgIpc) is 2.46. The number of carboxylic acids is 1. The van der Waals surface area contributed by atoms with E-state index < -0.39 is 5.97 Å². The zero-order valence-corrected chi connectivity index (χ0v) is 12.4. The number of carbonyl (C=O) groups excluding carboxylic acids is 1. The molecule has 1 amide bonds. The number of amides is 1. The molecule has 0 aliphatic carbocycles. The van der Waals surface area contributed by atoms with Crippen molar-refractivity contribution in [3.8, 4) is 0 Å². The summed E-state index contributed by atoms with van der Waals surface area (Å²) in [5, 5.41) is 17.5. The van der Waals surface area contributed by atoms with Crippen LogP contribution < -0.4 is 0 Å². The fourth-order valence-electron chi connectivity index (χ4n) is 2.00. The van der Waals surface area contributed by atoms with Crippen molar-refractivity contribution in [2.24, 2.45) is 0 Å². The molecule has 21 heavy (non-hydrogen) atoms. The first-order chi connectivity index (χ1) is 9.99.